The van der Waals surface area contributed by atoms with Gasteiger partial charge in [0.25, 0.3) is 10.0 Å². The summed E-state index contributed by atoms with van der Waals surface area (Å²) >= 11 is 6.31. The highest BCUT2D eigenvalue weighted by atomic mass is 35.5. The third-order valence-electron chi connectivity index (χ3n) is 5.88. The maximum atomic E-state index is 13.7. The molecule has 3 aromatic rings. The van der Waals surface area contributed by atoms with Gasteiger partial charge in [-0.3, -0.25) is 13.9 Å². The number of amides is 2. The van der Waals surface area contributed by atoms with E-state index in [0.29, 0.717) is 5.75 Å². The fourth-order valence-corrected chi connectivity index (χ4v) is 5.54. The molecule has 1 unspecified atom stereocenters. The number of sulfonamides is 1. The average Bonchev–Trinajstić information content (AvgIpc) is 2.89. The van der Waals surface area contributed by atoms with E-state index < -0.39 is 28.5 Å². The number of nitrogens with zero attached hydrogens (tertiary/aromatic N) is 2. The van der Waals surface area contributed by atoms with Gasteiger partial charge in [0, 0.05) is 13.6 Å². The number of carbonyl (C=O) groups excluding carboxylic acids is 2. The van der Waals surface area contributed by atoms with E-state index in [1.54, 1.807) is 25.1 Å². The molecule has 2 amide bonds. The summed E-state index contributed by atoms with van der Waals surface area (Å²) in [6, 6.07) is 19.0. The number of anilines is 1. The summed E-state index contributed by atoms with van der Waals surface area (Å²) in [5, 5.41) is 2.75. The SMILES string of the molecule is CNC(=O)C(C)N(Cc1cccc(C)c1)C(=O)CN(c1ccc(OC)c(Cl)c1)S(=O)(=O)c1ccccc1. The molecule has 0 aliphatic rings. The second kappa shape index (κ2) is 12.1. The van der Waals surface area contributed by atoms with Gasteiger partial charge in [0.2, 0.25) is 11.8 Å². The number of carbonyl (C=O) groups is 2. The van der Waals surface area contributed by atoms with Crippen LogP contribution < -0.4 is 14.4 Å². The zero-order chi connectivity index (χ0) is 27.2. The Kier molecular flexibility index (Phi) is 9.18. The Morgan fingerprint density at radius 2 is 1.73 bits per heavy atom. The Morgan fingerprint density at radius 1 is 1.03 bits per heavy atom. The zero-order valence-electron chi connectivity index (χ0n) is 21.1. The number of aryl methyl sites for hydroxylation is 1. The van der Waals surface area contributed by atoms with Gasteiger partial charge in [-0.15, -0.1) is 0 Å². The molecule has 0 heterocycles. The second-order valence-electron chi connectivity index (χ2n) is 8.44. The van der Waals surface area contributed by atoms with Gasteiger partial charge in [-0.2, -0.15) is 0 Å². The predicted molar refractivity (Wildman–Crippen MR) is 144 cm³/mol. The molecule has 0 fully saturated rings. The Morgan fingerprint density at radius 3 is 2.32 bits per heavy atom. The van der Waals surface area contributed by atoms with E-state index in [2.05, 4.69) is 5.32 Å². The minimum atomic E-state index is -4.16. The number of rotatable bonds is 10. The fourth-order valence-electron chi connectivity index (χ4n) is 3.86. The lowest BCUT2D eigenvalue weighted by molar-refractivity contribution is -0.139. The minimum absolute atomic E-state index is 0.0133. The number of hydrogen-bond acceptors (Lipinski definition) is 5. The van der Waals surface area contributed by atoms with Crippen molar-refractivity contribution in [2.45, 2.75) is 31.3 Å². The topological polar surface area (TPSA) is 96.0 Å². The predicted octanol–water partition coefficient (Wildman–Crippen LogP) is 4.02. The molecule has 8 nitrogen and oxygen atoms in total. The highest BCUT2D eigenvalue weighted by molar-refractivity contribution is 7.92. The van der Waals surface area contributed by atoms with E-state index >= 15 is 0 Å². The van der Waals surface area contributed by atoms with E-state index in [1.807, 2.05) is 31.2 Å². The number of benzene rings is 3. The van der Waals surface area contributed by atoms with Crippen molar-refractivity contribution in [3.05, 3.63) is 88.9 Å². The first-order chi connectivity index (χ1) is 17.6. The first-order valence-electron chi connectivity index (χ1n) is 11.6. The van der Waals surface area contributed by atoms with Gasteiger partial charge in [0.15, 0.2) is 0 Å². The normalized spacial score (nSPS) is 11.9. The molecule has 1 atom stereocenters. The van der Waals surface area contributed by atoms with Crippen molar-refractivity contribution in [2.75, 3.05) is 25.0 Å². The summed E-state index contributed by atoms with van der Waals surface area (Å²) in [6.45, 7) is 3.11. The largest absolute Gasteiger partial charge is 0.495 e. The maximum Gasteiger partial charge on any atom is 0.264 e. The first kappa shape index (κ1) is 28.0. The molecule has 196 valence electrons. The Balaban J connectivity index is 2.06. The highest BCUT2D eigenvalue weighted by Crippen LogP contribution is 2.32. The van der Waals surface area contributed by atoms with Crippen molar-refractivity contribution in [3.63, 3.8) is 0 Å². The van der Waals surface area contributed by atoms with Gasteiger partial charge in [-0.05, 0) is 49.7 Å². The van der Waals surface area contributed by atoms with Crippen LogP contribution in [0.15, 0.2) is 77.7 Å². The second-order valence-corrected chi connectivity index (χ2v) is 10.7. The highest BCUT2D eigenvalue weighted by Gasteiger charge is 2.32. The van der Waals surface area contributed by atoms with E-state index in [1.165, 1.54) is 49.4 Å². The van der Waals surface area contributed by atoms with Crippen molar-refractivity contribution >= 4 is 39.1 Å². The molecule has 10 heteroatoms. The van der Waals surface area contributed by atoms with Gasteiger partial charge < -0.3 is 15.0 Å². The van der Waals surface area contributed by atoms with Gasteiger partial charge in [-0.1, -0.05) is 59.6 Å². The number of halogens is 1. The quantitative estimate of drug-likeness (QED) is 0.417. The van der Waals surface area contributed by atoms with Crippen molar-refractivity contribution in [1.82, 2.24) is 10.2 Å². The lowest BCUT2D eigenvalue weighted by Gasteiger charge is -2.32. The number of nitrogens with one attached hydrogen (secondary N) is 1. The van der Waals surface area contributed by atoms with Crippen LogP contribution >= 0.6 is 11.6 Å². The van der Waals surface area contributed by atoms with E-state index in [9.17, 15) is 18.0 Å². The van der Waals surface area contributed by atoms with E-state index in [4.69, 9.17) is 16.3 Å². The van der Waals surface area contributed by atoms with Crippen LogP contribution in [0.1, 0.15) is 18.1 Å². The Hall–Kier alpha value is -3.56. The molecular weight excluding hydrogens is 514 g/mol. The third-order valence-corrected chi connectivity index (χ3v) is 7.97. The van der Waals surface area contributed by atoms with Gasteiger partial charge in [-0.25, -0.2) is 8.42 Å². The molecule has 0 spiro atoms. The standard InChI is InChI=1S/C27H30ClN3O5S/c1-19-9-8-10-21(15-19)17-30(20(2)27(33)29-3)26(32)18-31(22-13-14-25(36-4)24(28)16-22)37(34,35)23-11-6-5-7-12-23/h5-16,20H,17-18H2,1-4H3,(H,29,33). The molecule has 0 saturated carbocycles. The fraction of sp³-hybridized carbons (Fsp3) is 0.259. The summed E-state index contributed by atoms with van der Waals surface area (Å²) in [7, 11) is -1.23. The summed E-state index contributed by atoms with van der Waals surface area (Å²) in [4.78, 5) is 27.7. The van der Waals surface area contributed by atoms with E-state index in [0.717, 1.165) is 15.4 Å². The van der Waals surface area contributed by atoms with Gasteiger partial charge >= 0.3 is 0 Å². The lowest BCUT2D eigenvalue weighted by atomic mass is 10.1. The van der Waals surface area contributed by atoms with Crippen LogP contribution in [-0.4, -0.2) is 51.9 Å². The van der Waals surface area contributed by atoms with Crippen molar-refractivity contribution in [2.24, 2.45) is 0 Å². The lowest BCUT2D eigenvalue weighted by Crippen LogP contribution is -2.50. The number of methoxy groups -OCH3 is 1. The third kappa shape index (κ3) is 6.61. The number of likely N-dealkylation sites (N-methyl/N-ethyl adjacent to an activating group) is 1. The molecule has 3 rings (SSSR count). The van der Waals surface area contributed by atoms with Crippen LogP contribution in [0, 0.1) is 6.92 Å². The maximum absolute atomic E-state index is 13.7. The van der Waals surface area contributed by atoms with E-state index in [-0.39, 0.29) is 28.1 Å². The zero-order valence-corrected chi connectivity index (χ0v) is 22.7. The molecule has 37 heavy (non-hydrogen) atoms. The van der Waals surface area contributed by atoms with Crippen molar-refractivity contribution in [3.8, 4) is 5.75 Å². The molecule has 0 aromatic heterocycles. The molecule has 0 saturated heterocycles. The van der Waals surface area contributed by atoms with Crippen LogP contribution in [0.25, 0.3) is 0 Å². The monoisotopic (exact) mass is 543 g/mol. The summed E-state index contributed by atoms with van der Waals surface area (Å²) in [5.41, 5.74) is 2.00. The summed E-state index contributed by atoms with van der Waals surface area (Å²) < 4.78 is 33.6. The average molecular weight is 544 g/mol. The van der Waals surface area contributed by atoms with Crippen molar-refractivity contribution < 1.29 is 22.7 Å². The molecule has 3 aromatic carbocycles. The van der Waals surface area contributed by atoms with Gasteiger partial charge in [0.1, 0.15) is 18.3 Å². The van der Waals surface area contributed by atoms with Crippen LogP contribution in [0.5, 0.6) is 5.75 Å². The van der Waals surface area contributed by atoms with Gasteiger partial charge in [0.05, 0.1) is 22.7 Å². The van der Waals surface area contributed by atoms with Crippen molar-refractivity contribution in [1.29, 1.82) is 0 Å². The summed E-state index contributed by atoms with van der Waals surface area (Å²) in [6.07, 6.45) is 0. The molecule has 0 aliphatic heterocycles. The smallest absolute Gasteiger partial charge is 0.264 e. The van der Waals surface area contributed by atoms with Crippen LogP contribution in [0.4, 0.5) is 5.69 Å². The van der Waals surface area contributed by atoms with Crippen LogP contribution in [0.3, 0.4) is 0 Å². The number of ether oxygens (including phenoxy) is 1. The summed E-state index contributed by atoms with van der Waals surface area (Å²) in [5.74, 6) is -0.557. The first-order valence-corrected chi connectivity index (χ1v) is 13.4. The Bertz CT molecular complexity index is 1370. The Labute approximate surface area is 222 Å². The van der Waals surface area contributed by atoms with Crippen LogP contribution in [0.2, 0.25) is 5.02 Å². The minimum Gasteiger partial charge on any atom is -0.495 e. The molecule has 1 N–H and O–H groups in total. The number of hydrogen-bond donors (Lipinski definition) is 1. The molecule has 0 bridgehead atoms. The molecular formula is C27H30ClN3O5S. The molecule has 0 radical (unpaired) electrons. The molecule has 0 aliphatic carbocycles. The van der Waals surface area contributed by atoms with Crippen LogP contribution in [-0.2, 0) is 26.2 Å².